The van der Waals surface area contributed by atoms with E-state index in [0.717, 1.165) is 18.9 Å². The van der Waals surface area contributed by atoms with Gasteiger partial charge in [-0.3, -0.25) is 0 Å². The van der Waals surface area contributed by atoms with Gasteiger partial charge in [0.05, 0.1) is 31.4 Å². The third-order valence-corrected chi connectivity index (χ3v) is 8.26. The number of aromatic nitrogens is 2. The molecule has 1 aliphatic carbocycles. The van der Waals surface area contributed by atoms with E-state index in [9.17, 15) is 14.0 Å². The largest absolute Gasteiger partial charge is 0.472 e. The van der Waals surface area contributed by atoms with Crippen LogP contribution in [-0.2, 0) is 14.2 Å². The summed E-state index contributed by atoms with van der Waals surface area (Å²) in [6.07, 6.45) is 2.75. The van der Waals surface area contributed by atoms with E-state index in [-0.39, 0.29) is 35.2 Å². The first-order valence-corrected chi connectivity index (χ1v) is 13.1. The number of amides is 1. The predicted molar refractivity (Wildman–Crippen MR) is 132 cm³/mol. The van der Waals surface area contributed by atoms with E-state index in [1.807, 2.05) is 12.3 Å². The Morgan fingerprint density at radius 3 is 2.59 bits per heavy atom. The Kier molecular flexibility index (Phi) is 5.99. The highest BCUT2D eigenvalue weighted by Crippen LogP contribution is 2.41. The van der Waals surface area contributed by atoms with Gasteiger partial charge in [0, 0.05) is 41.4 Å². The van der Waals surface area contributed by atoms with Crippen molar-refractivity contribution in [2.45, 2.75) is 31.5 Å². The van der Waals surface area contributed by atoms with Crippen LogP contribution in [-0.4, -0.2) is 72.0 Å². The minimum atomic E-state index is -0.603. The summed E-state index contributed by atoms with van der Waals surface area (Å²) in [5.41, 5.74) is 1.30. The molecular formula is C26H26FN3O6S. The number of piperidine rings is 1. The number of carbonyl (C=O) groups excluding carboxylic acids is 2. The summed E-state index contributed by atoms with van der Waals surface area (Å²) in [5.74, 6) is -0.778. The van der Waals surface area contributed by atoms with Crippen LogP contribution in [0.4, 0.5) is 9.18 Å². The number of methoxy groups -OCH3 is 1. The second-order valence-corrected chi connectivity index (χ2v) is 10.9. The van der Waals surface area contributed by atoms with Gasteiger partial charge in [-0.1, -0.05) is 6.07 Å². The zero-order chi connectivity index (χ0) is 25.7. The van der Waals surface area contributed by atoms with Crippen molar-refractivity contribution in [3.05, 3.63) is 41.3 Å². The molecule has 2 bridgehead atoms. The number of ether oxygens (including phenoxy) is 4. The maximum absolute atomic E-state index is 14.9. The molecule has 37 heavy (non-hydrogen) atoms. The number of fused-ring (bicyclic) bond motifs is 3. The molecule has 2 saturated heterocycles. The molecule has 3 aromatic rings. The molecule has 3 aliphatic rings. The monoisotopic (exact) mass is 527 g/mol. The number of thiophene rings is 1. The van der Waals surface area contributed by atoms with Crippen LogP contribution < -0.4 is 4.74 Å². The molecule has 2 unspecified atom stereocenters. The molecule has 194 valence electrons. The Labute approximate surface area is 216 Å². The molecule has 9 nitrogen and oxygen atoms in total. The molecule has 3 fully saturated rings. The normalized spacial score (nSPS) is 24.0. The third-order valence-electron chi connectivity index (χ3n) is 7.30. The molecule has 1 aromatic carbocycles. The molecule has 1 amide bonds. The third kappa shape index (κ3) is 4.50. The van der Waals surface area contributed by atoms with Crippen LogP contribution in [0.25, 0.3) is 21.3 Å². The number of esters is 1. The van der Waals surface area contributed by atoms with Crippen LogP contribution in [0, 0.1) is 17.7 Å². The number of carbonyl (C=O) groups is 2. The van der Waals surface area contributed by atoms with Gasteiger partial charge in [0.25, 0.3) is 0 Å². The van der Waals surface area contributed by atoms with E-state index in [2.05, 4.69) is 14.7 Å². The predicted octanol–water partition coefficient (Wildman–Crippen LogP) is 4.30. The van der Waals surface area contributed by atoms with Gasteiger partial charge >= 0.3 is 12.1 Å². The lowest BCUT2D eigenvalue weighted by atomic mass is 9.84. The van der Waals surface area contributed by atoms with Gasteiger partial charge in [-0.05, 0) is 31.9 Å². The van der Waals surface area contributed by atoms with Crippen molar-refractivity contribution in [3.63, 3.8) is 0 Å². The van der Waals surface area contributed by atoms with E-state index < -0.39 is 11.8 Å². The van der Waals surface area contributed by atoms with Crippen LogP contribution in [0.15, 0.2) is 29.9 Å². The first-order valence-electron chi connectivity index (χ1n) is 12.2. The molecule has 1 saturated carbocycles. The first-order chi connectivity index (χ1) is 17.8. The first kappa shape index (κ1) is 24.1. The second kappa shape index (κ2) is 9.21. The molecular weight excluding hydrogens is 501 g/mol. The lowest BCUT2D eigenvalue weighted by molar-refractivity contribution is -0.111. The van der Waals surface area contributed by atoms with Gasteiger partial charge in [0.2, 0.25) is 5.88 Å². The standard InChI is InChI=1S/C26H26FN3O6S/c1-26(5-6-26)36-25(32)30-8-15-10-34-11-16(9-30)21(15)35-23-22-20(28-13-29-23)18(12-37-22)17-4-3-14(7-19(17)27)24(31)33-2/h3-4,7,12-13,15-16,21H,5-6,8-11H2,1-2H3. The van der Waals surface area contributed by atoms with Crippen LogP contribution in [0.2, 0.25) is 0 Å². The fourth-order valence-electron chi connectivity index (χ4n) is 5.01. The van der Waals surface area contributed by atoms with Gasteiger partial charge in [-0.25, -0.2) is 23.9 Å². The van der Waals surface area contributed by atoms with Crippen molar-refractivity contribution >= 4 is 33.6 Å². The summed E-state index contributed by atoms with van der Waals surface area (Å²) in [4.78, 5) is 35.0. The van der Waals surface area contributed by atoms with Gasteiger partial charge < -0.3 is 23.8 Å². The maximum atomic E-state index is 14.9. The van der Waals surface area contributed by atoms with E-state index in [4.69, 9.17) is 14.2 Å². The maximum Gasteiger partial charge on any atom is 0.410 e. The molecule has 2 atom stereocenters. The summed E-state index contributed by atoms with van der Waals surface area (Å²) in [5, 5.41) is 1.81. The smallest absolute Gasteiger partial charge is 0.410 e. The van der Waals surface area contributed by atoms with E-state index in [1.165, 1.54) is 30.8 Å². The lowest BCUT2D eigenvalue weighted by Crippen LogP contribution is -2.59. The summed E-state index contributed by atoms with van der Waals surface area (Å²) >= 11 is 1.37. The minimum Gasteiger partial charge on any atom is -0.472 e. The number of hydrogen-bond donors (Lipinski definition) is 0. The minimum absolute atomic E-state index is 0.0279. The Hall–Kier alpha value is -3.31. The molecule has 0 spiro atoms. The lowest BCUT2D eigenvalue weighted by Gasteiger charge is -2.46. The Morgan fingerprint density at radius 2 is 1.92 bits per heavy atom. The highest BCUT2D eigenvalue weighted by molar-refractivity contribution is 7.18. The van der Waals surface area contributed by atoms with Crippen LogP contribution in [0.5, 0.6) is 5.88 Å². The number of hydrogen-bond acceptors (Lipinski definition) is 9. The molecule has 6 rings (SSSR count). The van der Waals surface area contributed by atoms with E-state index in [1.54, 1.807) is 11.0 Å². The average Bonchev–Trinajstić information content (AvgIpc) is 3.44. The zero-order valence-corrected chi connectivity index (χ0v) is 21.3. The number of likely N-dealkylation sites (tertiary alicyclic amines) is 1. The van der Waals surface area contributed by atoms with E-state index in [0.29, 0.717) is 53.5 Å². The topological polar surface area (TPSA) is 100 Å². The van der Waals surface area contributed by atoms with Gasteiger partial charge in [-0.15, -0.1) is 11.3 Å². The van der Waals surface area contributed by atoms with Crippen molar-refractivity contribution in [2.24, 2.45) is 11.8 Å². The summed E-state index contributed by atoms with van der Waals surface area (Å²) < 4.78 is 38.2. The van der Waals surface area contributed by atoms with Crippen molar-refractivity contribution in [3.8, 4) is 17.0 Å². The fraction of sp³-hybridized carbons (Fsp3) is 0.462. The molecule has 2 aromatic heterocycles. The summed E-state index contributed by atoms with van der Waals surface area (Å²) in [6, 6.07) is 4.23. The SMILES string of the molecule is COC(=O)c1ccc(-c2csc3c(OC4C5COCC4CN(C(=O)OC4(C)CC4)C5)ncnc23)c(F)c1. The van der Waals surface area contributed by atoms with Crippen molar-refractivity contribution < 1.29 is 32.9 Å². The zero-order valence-electron chi connectivity index (χ0n) is 20.4. The van der Waals surface area contributed by atoms with Gasteiger partial charge in [0.15, 0.2) is 0 Å². The van der Waals surface area contributed by atoms with Gasteiger partial charge in [-0.2, -0.15) is 0 Å². The highest BCUT2D eigenvalue weighted by atomic mass is 32.1. The van der Waals surface area contributed by atoms with Crippen LogP contribution in [0.1, 0.15) is 30.1 Å². The molecule has 2 aliphatic heterocycles. The Balaban J connectivity index is 1.24. The number of benzene rings is 1. The van der Waals surface area contributed by atoms with Crippen molar-refractivity contribution in [1.82, 2.24) is 14.9 Å². The van der Waals surface area contributed by atoms with Crippen LogP contribution in [0.3, 0.4) is 0 Å². The molecule has 4 heterocycles. The van der Waals surface area contributed by atoms with Crippen molar-refractivity contribution in [2.75, 3.05) is 33.4 Å². The van der Waals surface area contributed by atoms with Gasteiger partial charge in [0.1, 0.15) is 28.5 Å². The summed E-state index contributed by atoms with van der Waals surface area (Å²) in [7, 11) is 1.25. The Morgan fingerprint density at radius 1 is 1.16 bits per heavy atom. The molecule has 0 N–H and O–H groups in total. The van der Waals surface area contributed by atoms with Crippen LogP contribution >= 0.6 is 11.3 Å². The summed E-state index contributed by atoms with van der Waals surface area (Å²) in [6.45, 7) is 3.88. The quantitative estimate of drug-likeness (QED) is 0.453. The highest BCUT2D eigenvalue weighted by Gasteiger charge is 2.47. The second-order valence-electron chi connectivity index (χ2n) is 10.1. The number of rotatable bonds is 5. The molecule has 0 radical (unpaired) electrons. The van der Waals surface area contributed by atoms with E-state index >= 15 is 0 Å². The number of halogens is 1. The molecule has 11 heteroatoms. The number of nitrogens with zero attached hydrogens (tertiary/aromatic N) is 3. The Bertz CT molecular complexity index is 1360. The average molecular weight is 528 g/mol. The van der Waals surface area contributed by atoms with Crippen molar-refractivity contribution in [1.29, 1.82) is 0 Å². The fourth-order valence-corrected chi connectivity index (χ4v) is 5.96.